The third-order valence-corrected chi connectivity index (χ3v) is 4.33. The number of carbonyl (C=O) groups excluding carboxylic acids is 1. The first-order chi connectivity index (χ1) is 12.7. The van der Waals surface area contributed by atoms with E-state index in [-0.39, 0.29) is 0 Å². The first kappa shape index (κ1) is 17.4. The van der Waals surface area contributed by atoms with Gasteiger partial charge in [0, 0.05) is 6.20 Å². The molecule has 3 aromatic rings. The number of rotatable bonds is 5. The molecule has 0 saturated carbocycles. The molecule has 0 amide bonds. The summed E-state index contributed by atoms with van der Waals surface area (Å²) in [5.41, 5.74) is 1.75. The van der Waals surface area contributed by atoms with Crippen molar-refractivity contribution >= 4 is 29.0 Å². The van der Waals surface area contributed by atoms with Gasteiger partial charge in [-0.25, -0.2) is 4.79 Å². The first-order valence-corrected chi connectivity index (χ1v) is 8.56. The number of esters is 1. The lowest BCUT2D eigenvalue weighted by Crippen LogP contribution is -2.07. The quantitative estimate of drug-likeness (QED) is 0.381. The summed E-state index contributed by atoms with van der Waals surface area (Å²) in [5, 5.41) is 11.2. The monoisotopic (exact) mass is 362 g/mol. The molecule has 0 bridgehead atoms. The summed E-state index contributed by atoms with van der Waals surface area (Å²) < 4.78 is 10.7. The van der Waals surface area contributed by atoms with Crippen LogP contribution in [0.15, 0.2) is 60.1 Å². The van der Waals surface area contributed by atoms with Crippen molar-refractivity contribution in [1.29, 1.82) is 5.26 Å². The van der Waals surface area contributed by atoms with E-state index < -0.39 is 5.97 Å². The highest BCUT2D eigenvalue weighted by Crippen LogP contribution is 2.30. The highest BCUT2D eigenvalue weighted by atomic mass is 32.1. The molecule has 0 atom stereocenters. The van der Waals surface area contributed by atoms with E-state index in [9.17, 15) is 10.1 Å². The van der Waals surface area contributed by atoms with Crippen molar-refractivity contribution in [1.82, 2.24) is 4.98 Å². The van der Waals surface area contributed by atoms with Crippen molar-refractivity contribution in [2.24, 2.45) is 0 Å². The van der Waals surface area contributed by atoms with E-state index in [1.807, 2.05) is 11.4 Å². The number of thiophene rings is 1. The molecule has 0 aliphatic heterocycles. The Morgan fingerprint density at radius 3 is 2.73 bits per heavy atom. The summed E-state index contributed by atoms with van der Waals surface area (Å²) in [6, 6.07) is 16.1. The Balaban J connectivity index is 1.88. The van der Waals surface area contributed by atoms with Crippen LogP contribution in [0.5, 0.6) is 11.5 Å². The SMILES string of the molecule is COc1cc(/C=C(\C#N)c2ccccn2)ccc1OC(=O)c1cccs1. The molecule has 0 aliphatic carbocycles. The number of benzene rings is 1. The molecular weight excluding hydrogens is 348 g/mol. The lowest BCUT2D eigenvalue weighted by molar-refractivity contribution is 0.0735. The van der Waals surface area contributed by atoms with Crippen LogP contribution in [0.3, 0.4) is 0 Å². The highest BCUT2D eigenvalue weighted by Gasteiger charge is 2.13. The zero-order valence-electron chi connectivity index (χ0n) is 13.9. The summed E-state index contributed by atoms with van der Waals surface area (Å²) in [6.07, 6.45) is 3.34. The molecule has 0 saturated heterocycles. The third-order valence-electron chi connectivity index (χ3n) is 3.48. The summed E-state index contributed by atoms with van der Waals surface area (Å²) in [6.45, 7) is 0. The van der Waals surface area contributed by atoms with Gasteiger partial charge < -0.3 is 9.47 Å². The molecule has 2 aromatic heterocycles. The number of nitriles is 1. The average Bonchev–Trinajstić information content (AvgIpc) is 3.22. The van der Waals surface area contributed by atoms with Crippen molar-refractivity contribution in [3.05, 3.63) is 76.2 Å². The second-order valence-electron chi connectivity index (χ2n) is 5.16. The summed E-state index contributed by atoms with van der Waals surface area (Å²) in [5.74, 6) is 0.286. The van der Waals surface area contributed by atoms with Crippen LogP contribution in [0.4, 0.5) is 0 Å². The van der Waals surface area contributed by atoms with Crippen molar-refractivity contribution in [2.45, 2.75) is 0 Å². The van der Waals surface area contributed by atoms with Gasteiger partial charge in [-0.05, 0) is 47.4 Å². The Kier molecular flexibility index (Phi) is 5.42. The molecule has 0 radical (unpaired) electrons. The molecule has 0 aliphatic rings. The Hall–Kier alpha value is -3.43. The van der Waals surface area contributed by atoms with E-state index in [1.165, 1.54) is 18.4 Å². The molecule has 5 nitrogen and oxygen atoms in total. The second kappa shape index (κ2) is 8.10. The zero-order chi connectivity index (χ0) is 18.4. The Morgan fingerprint density at radius 1 is 1.19 bits per heavy atom. The smallest absolute Gasteiger partial charge is 0.353 e. The molecule has 2 heterocycles. The predicted octanol–water partition coefficient (Wildman–Crippen LogP) is 4.44. The number of pyridine rings is 1. The molecule has 26 heavy (non-hydrogen) atoms. The molecule has 1 aromatic carbocycles. The number of allylic oxidation sites excluding steroid dienone is 1. The van der Waals surface area contributed by atoms with Gasteiger partial charge in [-0.15, -0.1) is 11.3 Å². The molecule has 0 fully saturated rings. The third kappa shape index (κ3) is 3.97. The number of methoxy groups -OCH3 is 1. The number of ether oxygens (including phenoxy) is 2. The number of aromatic nitrogens is 1. The van der Waals surface area contributed by atoms with Crippen molar-refractivity contribution in [3.63, 3.8) is 0 Å². The normalized spacial score (nSPS) is 10.8. The molecule has 0 N–H and O–H groups in total. The standard InChI is InChI=1S/C20H14N2O3S/c1-24-18-12-14(11-15(13-21)16-5-2-3-9-22-16)7-8-17(18)25-20(23)19-6-4-10-26-19/h2-12H,1H3/b15-11+. The zero-order valence-corrected chi connectivity index (χ0v) is 14.7. The fourth-order valence-corrected chi connectivity index (χ4v) is 2.85. The Bertz CT molecular complexity index is 974. The van der Waals surface area contributed by atoms with Gasteiger partial charge in [-0.1, -0.05) is 18.2 Å². The van der Waals surface area contributed by atoms with Crippen LogP contribution in [-0.4, -0.2) is 18.1 Å². The molecule has 3 rings (SSSR count). The highest BCUT2D eigenvalue weighted by molar-refractivity contribution is 7.12. The maximum absolute atomic E-state index is 12.1. The Morgan fingerprint density at radius 2 is 2.08 bits per heavy atom. The van der Waals surface area contributed by atoms with E-state index in [0.29, 0.717) is 27.6 Å². The van der Waals surface area contributed by atoms with E-state index >= 15 is 0 Å². The minimum Gasteiger partial charge on any atom is -0.493 e. The fraction of sp³-hybridized carbons (Fsp3) is 0.0500. The topological polar surface area (TPSA) is 72.2 Å². The first-order valence-electron chi connectivity index (χ1n) is 7.68. The lowest BCUT2D eigenvalue weighted by Gasteiger charge is -2.09. The van der Waals surface area contributed by atoms with Gasteiger partial charge in [0.1, 0.15) is 10.9 Å². The van der Waals surface area contributed by atoms with Crippen molar-refractivity contribution in [3.8, 4) is 17.6 Å². The van der Waals surface area contributed by atoms with E-state index in [1.54, 1.807) is 54.7 Å². The van der Waals surface area contributed by atoms with Gasteiger partial charge in [0.2, 0.25) is 0 Å². The molecule has 6 heteroatoms. The fourth-order valence-electron chi connectivity index (χ4n) is 2.26. The number of hydrogen-bond donors (Lipinski definition) is 0. The minimum atomic E-state index is -0.437. The summed E-state index contributed by atoms with van der Waals surface area (Å²) in [7, 11) is 1.50. The molecule has 0 spiro atoms. The van der Waals surface area contributed by atoms with Gasteiger partial charge in [-0.2, -0.15) is 5.26 Å². The van der Waals surface area contributed by atoms with Crippen molar-refractivity contribution in [2.75, 3.05) is 7.11 Å². The van der Waals surface area contributed by atoms with Crippen LogP contribution in [0, 0.1) is 11.3 Å². The largest absolute Gasteiger partial charge is 0.493 e. The predicted molar refractivity (Wildman–Crippen MR) is 100.0 cm³/mol. The van der Waals surface area contributed by atoms with Gasteiger partial charge >= 0.3 is 5.97 Å². The summed E-state index contributed by atoms with van der Waals surface area (Å²) in [4.78, 5) is 16.8. The Labute approximate surface area is 154 Å². The molecule has 128 valence electrons. The van der Waals surface area contributed by atoms with Gasteiger partial charge in [0.15, 0.2) is 11.5 Å². The van der Waals surface area contributed by atoms with E-state index in [0.717, 1.165) is 5.56 Å². The minimum absolute atomic E-state index is 0.319. The van der Waals surface area contributed by atoms with Crippen LogP contribution in [0.2, 0.25) is 0 Å². The average molecular weight is 362 g/mol. The van der Waals surface area contributed by atoms with Crippen LogP contribution in [-0.2, 0) is 0 Å². The summed E-state index contributed by atoms with van der Waals surface area (Å²) >= 11 is 1.31. The maximum Gasteiger partial charge on any atom is 0.353 e. The number of nitrogens with zero attached hydrogens (tertiary/aromatic N) is 2. The van der Waals surface area contributed by atoms with Crippen molar-refractivity contribution < 1.29 is 14.3 Å². The van der Waals surface area contributed by atoms with Crippen LogP contribution < -0.4 is 9.47 Å². The van der Waals surface area contributed by atoms with Gasteiger partial charge in [0.25, 0.3) is 0 Å². The second-order valence-corrected chi connectivity index (χ2v) is 6.11. The molecular formula is C20H14N2O3S. The maximum atomic E-state index is 12.1. The number of hydrogen-bond acceptors (Lipinski definition) is 6. The lowest BCUT2D eigenvalue weighted by atomic mass is 10.1. The van der Waals surface area contributed by atoms with Gasteiger partial charge in [0.05, 0.1) is 18.4 Å². The van der Waals surface area contributed by atoms with E-state index in [4.69, 9.17) is 9.47 Å². The number of carbonyl (C=O) groups is 1. The van der Waals surface area contributed by atoms with Crippen LogP contribution >= 0.6 is 11.3 Å². The van der Waals surface area contributed by atoms with Gasteiger partial charge in [-0.3, -0.25) is 4.98 Å². The van der Waals surface area contributed by atoms with E-state index in [2.05, 4.69) is 11.1 Å². The molecule has 0 unspecified atom stereocenters. The van der Waals surface area contributed by atoms with Crippen LogP contribution in [0.1, 0.15) is 20.9 Å². The van der Waals surface area contributed by atoms with Crippen LogP contribution in [0.25, 0.3) is 11.6 Å².